The third-order valence-electron chi connectivity index (χ3n) is 2.60. The highest BCUT2D eigenvalue weighted by Crippen LogP contribution is 2.27. The molecule has 16 heavy (non-hydrogen) atoms. The molecule has 7 nitrogen and oxygen atoms in total. The smallest absolute Gasteiger partial charge is 0.330 e. The lowest BCUT2D eigenvalue weighted by Crippen LogP contribution is -2.37. The first-order valence-corrected chi connectivity index (χ1v) is 4.84. The fraction of sp³-hybridized carbons (Fsp3) is 0.556. The van der Waals surface area contributed by atoms with Crippen LogP contribution in [-0.2, 0) is 4.74 Å². The minimum Gasteiger partial charge on any atom is -0.388 e. The van der Waals surface area contributed by atoms with E-state index in [4.69, 9.17) is 4.74 Å². The van der Waals surface area contributed by atoms with Crippen LogP contribution in [0.1, 0.15) is 13.2 Å². The van der Waals surface area contributed by atoms with Crippen molar-refractivity contribution in [3.8, 4) is 0 Å². The zero-order chi connectivity index (χ0) is 11.9. The second-order valence-electron chi connectivity index (χ2n) is 3.73. The molecule has 0 aliphatic carbocycles. The fourth-order valence-electron chi connectivity index (χ4n) is 1.69. The van der Waals surface area contributed by atoms with E-state index in [9.17, 15) is 19.8 Å². The summed E-state index contributed by atoms with van der Waals surface area (Å²) in [6.07, 6.45) is -2.57. The highest BCUT2D eigenvalue weighted by Gasteiger charge is 2.41. The molecule has 1 aromatic rings. The van der Waals surface area contributed by atoms with Gasteiger partial charge < -0.3 is 14.9 Å². The number of aromatic nitrogens is 2. The molecular formula is C9H12N2O5. The molecule has 1 fully saturated rings. The summed E-state index contributed by atoms with van der Waals surface area (Å²) in [6, 6.07) is 1.15. The van der Waals surface area contributed by atoms with Gasteiger partial charge in [0.2, 0.25) is 0 Å². The van der Waals surface area contributed by atoms with Gasteiger partial charge in [-0.1, -0.05) is 0 Å². The number of aliphatic hydroxyl groups is 2. The van der Waals surface area contributed by atoms with Crippen molar-refractivity contribution in [1.29, 1.82) is 0 Å². The monoisotopic (exact) mass is 228 g/mol. The first kappa shape index (κ1) is 11.1. The Morgan fingerprint density at radius 3 is 2.56 bits per heavy atom. The van der Waals surface area contributed by atoms with Gasteiger partial charge in [0.1, 0.15) is 12.2 Å². The second-order valence-corrected chi connectivity index (χ2v) is 3.73. The lowest BCUT2D eigenvalue weighted by atomic mass is 10.1. The largest absolute Gasteiger partial charge is 0.388 e. The van der Waals surface area contributed by atoms with Crippen LogP contribution in [-0.4, -0.2) is 38.1 Å². The van der Waals surface area contributed by atoms with Crippen LogP contribution in [0.3, 0.4) is 0 Å². The van der Waals surface area contributed by atoms with Crippen molar-refractivity contribution < 1.29 is 14.9 Å². The molecule has 1 aliphatic heterocycles. The lowest BCUT2D eigenvalue weighted by Gasteiger charge is -2.16. The van der Waals surface area contributed by atoms with Crippen molar-refractivity contribution in [3.63, 3.8) is 0 Å². The maximum Gasteiger partial charge on any atom is 0.330 e. The molecular weight excluding hydrogens is 216 g/mol. The van der Waals surface area contributed by atoms with Crippen LogP contribution in [0, 0.1) is 0 Å². The molecule has 4 atom stereocenters. The van der Waals surface area contributed by atoms with E-state index >= 15 is 0 Å². The van der Waals surface area contributed by atoms with Crippen molar-refractivity contribution in [2.24, 2.45) is 0 Å². The topological polar surface area (TPSA) is 105 Å². The van der Waals surface area contributed by atoms with E-state index in [1.165, 1.54) is 6.20 Å². The van der Waals surface area contributed by atoms with Crippen LogP contribution in [0.5, 0.6) is 0 Å². The van der Waals surface area contributed by atoms with E-state index in [1.807, 2.05) is 4.98 Å². The van der Waals surface area contributed by atoms with Crippen molar-refractivity contribution >= 4 is 0 Å². The molecule has 0 radical (unpaired) electrons. The van der Waals surface area contributed by atoms with Crippen LogP contribution in [0.25, 0.3) is 0 Å². The first-order chi connectivity index (χ1) is 7.50. The summed E-state index contributed by atoms with van der Waals surface area (Å²) in [7, 11) is 0. The number of aliphatic hydroxyl groups excluding tert-OH is 2. The Balaban J connectivity index is 2.39. The van der Waals surface area contributed by atoms with Crippen molar-refractivity contribution in [3.05, 3.63) is 33.1 Å². The summed E-state index contributed by atoms with van der Waals surface area (Å²) in [4.78, 5) is 24.3. The summed E-state index contributed by atoms with van der Waals surface area (Å²) in [5, 5.41) is 19.1. The van der Waals surface area contributed by atoms with Crippen molar-refractivity contribution in [2.75, 3.05) is 0 Å². The molecule has 2 unspecified atom stereocenters. The van der Waals surface area contributed by atoms with Crippen LogP contribution in [0.4, 0.5) is 0 Å². The quantitative estimate of drug-likeness (QED) is 0.524. The maximum absolute atomic E-state index is 11.4. The molecule has 88 valence electrons. The molecule has 2 heterocycles. The Labute approximate surface area is 89.9 Å². The number of rotatable bonds is 1. The maximum atomic E-state index is 11.4. The Bertz CT molecular complexity index is 493. The van der Waals surface area contributed by atoms with Gasteiger partial charge in [0, 0.05) is 12.3 Å². The molecule has 0 amide bonds. The summed E-state index contributed by atoms with van der Waals surface area (Å²) >= 11 is 0. The van der Waals surface area contributed by atoms with E-state index < -0.39 is 35.8 Å². The number of hydrogen-bond acceptors (Lipinski definition) is 5. The van der Waals surface area contributed by atoms with Gasteiger partial charge in [0.05, 0.1) is 6.10 Å². The Morgan fingerprint density at radius 2 is 2.06 bits per heavy atom. The molecule has 2 rings (SSSR count). The second kappa shape index (κ2) is 3.85. The average molecular weight is 228 g/mol. The normalized spacial score (nSPS) is 34.2. The Kier molecular flexibility index (Phi) is 2.66. The molecule has 3 N–H and O–H groups in total. The van der Waals surface area contributed by atoms with E-state index in [2.05, 4.69) is 0 Å². The van der Waals surface area contributed by atoms with Crippen LogP contribution in [0.15, 0.2) is 21.9 Å². The van der Waals surface area contributed by atoms with Gasteiger partial charge in [-0.05, 0) is 6.92 Å². The van der Waals surface area contributed by atoms with Gasteiger partial charge in [-0.15, -0.1) is 0 Å². The average Bonchev–Trinajstić information content (AvgIpc) is 2.46. The third-order valence-corrected chi connectivity index (χ3v) is 2.60. The molecule has 0 saturated carbocycles. The molecule has 1 saturated heterocycles. The van der Waals surface area contributed by atoms with Gasteiger partial charge in [-0.3, -0.25) is 14.3 Å². The molecule has 7 heteroatoms. The lowest BCUT2D eigenvalue weighted by molar-refractivity contribution is -0.0351. The molecule has 0 spiro atoms. The highest BCUT2D eigenvalue weighted by atomic mass is 16.6. The highest BCUT2D eigenvalue weighted by molar-refractivity contribution is 4.91. The minimum absolute atomic E-state index is 0.526. The summed E-state index contributed by atoms with van der Waals surface area (Å²) in [5.74, 6) is 0. The van der Waals surface area contributed by atoms with E-state index in [0.717, 1.165) is 10.6 Å². The van der Waals surface area contributed by atoms with Crippen LogP contribution < -0.4 is 11.2 Å². The van der Waals surface area contributed by atoms with Crippen molar-refractivity contribution in [2.45, 2.75) is 31.5 Å². The first-order valence-electron chi connectivity index (χ1n) is 4.84. The fourth-order valence-corrected chi connectivity index (χ4v) is 1.69. The van der Waals surface area contributed by atoms with Crippen LogP contribution in [0.2, 0.25) is 0 Å². The number of hydrogen-bond donors (Lipinski definition) is 3. The molecule has 0 bridgehead atoms. The predicted octanol–water partition coefficient (Wildman–Crippen LogP) is -1.82. The van der Waals surface area contributed by atoms with Crippen molar-refractivity contribution in [1.82, 2.24) is 9.55 Å². The van der Waals surface area contributed by atoms with Gasteiger partial charge in [0.25, 0.3) is 5.56 Å². The van der Waals surface area contributed by atoms with Gasteiger partial charge in [-0.25, -0.2) is 4.79 Å². The summed E-state index contributed by atoms with van der Waals surface area (Å²) in [6.45, 7) is 1.59. The molecule has 0 aromatic carbocycles. The van der Waals surface area contributed by atoms with E-state index in [0.29, 0.717) is 0 Å². The minimum atomic E-state index is -1.20. The SMILES string of the molecule is C[C@@H]1O[C@H](n2ccc(=O)[nH]c2=O)C(O)C1O. The zero-order valence-corrected chi connectivity index (χ0v) is 8.53. The predicted molar refractivity (Wildman–Crippen MR) is 52.9 cm³/mol. The van der Waals surface area contributed by atoms with E-state index in [-0.39, 0.29) is 0 Å². The summed E-state index contributed by atoms with van der Waals surface area (Å²) in [5.41, 5.74) is -1.21. The number of aromatic amines is 1. The number of nitrogens with one attached hydrogen (secondary N) is 1. The number of ether oxygens (including phenoxy) is 1. The van der Waals surface area contributed by atoms with Gasteiger partial charge in [0.15, 0.2) is 6.23 Å². The summed E-state index contributed by atoms with van der Waals surface area (Å²) < 4.78 is 6.27. The van der Waals surface area contributed by atoms with Gasteiger partial charge >= 0.3 is 5.69 Å². The molecule has 1 aromatic heterocycles. The third kappa shape index (κ3) is 1.69. The van der Waals surface area contributed by atoms with Gasteiger partial charge in [-0.2, -0.15) is 0 Å². The number of H-pyrrole nitrogens is 1. The molecule has 1 aliphatic rings. The van der Waals surface area contributed by atoms with Crippen LogP contribution >= 0.6 is 0 Å². The number of nitrogens with zero attached hydrogens (tertiary/aromatic N) is 1. The van der Waals surface area contributed by atoms with E-state index in [1.54, 1.807) is 6.92 Å². The Morgan fingerprint density at radius 1 is 1.38 bits per heavy atom. The Hall–Kier alpha value is -1.44. The zero-order valence-electron chi connectivity index (χ0n) is 8.53. The standard InChI is InChI=1S/C9H12N2O5/c1-4-6(13)7(14)8(16-4)11-3-2-5(12)10-9(11)15/h2-4,6-8,13-14H,1H3,(H,10,12,15)/t4-,6?,7?,8-/m0/s1.